The molecule has 1 aromatic rings. The van der Waals surface area contributed by atoms with Crippen LogP contribution in [0.3, 0.4) is 0 Å². The lowest BCUT2D eigenvalue weighted by molar-refractivity contribution is 0.0931. The van der Waals surface area contributed by atoms with Gasteiger partial charge in [0.1, 0.15) is 11.4 Å². The number of rotatable bonds is 2. The number of carbonyl (C=O) groups is 1. The number of nitrogens with two attached hydrogens (primary N) is 1. The smallest absolute Gasteiger partial charge is 0.256 e. The first-order valence-corrected chi connectivity index (χ1v) is 4.84. The fraction of sp³-hybridized carbons (Fsp3) is 0.556. The minimum absolute atomic E-state index is 0.0945. The van der Waals surface area contributed by atoms with Gasteiger partial charge in [-0.05, 0) is 6.42 Å². The van der Waals surface area contributed by atoms with Crippen LogP contribution in [-0.4, -0.2) is 34.9 Å². The molecule has 2 rings (SSSR count). The van der Waals surface area contributed by atoms with Crippen LogP contribution in [0.25, 0.3) is 0 Å². The SMILES string of the molecule is Cn1ncc(C(=O)NC2CCOC2)c1N. The maximum atomic E-state index is 11.7. The topological polar surface area (TPSA) is 82.2 Å². The van der Waals surface area contributed by atoms with E-state index in [4.69, 9.17) is 10.5 Å². The molecule has 1 amide bonds. The number of anilines is 1. The summed E-state index contributed by atoms with van der Waals surface area (Å²) in [5.74, 6) is 0.197. The first-order valence-electron chi connectivity index (χ1n) is 4.84. The Labute approximate surface area is 87.4 Å². The molecule has 1 aliphatic rings. The van der Waals surface area contributed by atoms with Crippen LogP contribution in [0.5, 0.6) is 0 Å². The molecule has 0 bridgehead atoms. The van der Waals surface area contributed by atoms with Crippen LogP contribution in [0, 0.1) is 0 Å². The van der Waals surface area contributed by atoms with Gasteiger partial charge in [0.05, 0.1) is 18.8 Å². The van der Waals surface area contributed by atoms with Crippen LogP contribution in [-0.2, 0) is 11.8 Å². The number of hydrogen-bond acceptors (Lipinski definition) is 4. The van der Waals surface area contributed by atoms with Gasteiger partial charge in [0.15, 0.2) is 0 Å². The van der Waals surface area contributed by atoms with E-state index in [9.17, 15) is 4.79 Å². The summed E-state index contributed by atoms with van der Waals surface area (Å²) in [6, 6.07) is 0.0945. The molecular formula is C9H14N4O2. The highest BCUT2D eigenvalue weighted by Gasteiger charge is 2.20. The summed E-state index contributed by atoms with van der Waals surface area (Å²) < 4.78 is 6.63. The van der Waals surface area contributed by atoms with E-state index in [-0.39, 0.29) is 11.9 Å². The van der Waals surface area contributed by atoms with E-state index < -0.39 is 0 Å². The van der Waals surface area contributed by atoms with E-state index in [0.29, 0.717) is 24.6 Å². The molecule has 6 heteroatoms. The zero-order chi connectivity index (χ0) is 10.8. The summed E-state index contributed by atoms with van der Waals surface area (Å²) in [4.78, 5) is 11.7. The minimum Gasteiger partial charge on any atom is -0.383 e. The molecule has 1 saturated heterocycles. The van der Waals surface area contributed by atoms with Crippen molar-refractivity contribution < 1.29 is 9.53 Å². The van der Waals surface area contributed by atoms with Crippen LogP contribution in [0.1, 0.15) is 16.8 Å². The van der Waals surface area contributed by atoms with Crippen molar-refractivity contribution in [3.8, 4) is 0 Å². The summed E-state index contributed by atoms with van der Waals surface area (Å²) in [6.07, 6.45) is 2.33. The Hall–Kier alpha value is -1.56. The monoisotopic (exact) mass is 210 g/mol. The van der Waals surface area contributed by atoms with Crippen molar-refractivity contribution in [2.24, 2.45) is 7.05 Å². The first kappa shape index (κ1) is 9.97. The average molecular weight is 210 g/mol. The van der Waals surface area contributed by atoms with Gasteiger partial charge in [0.25, 0.3) is 5.91 Å². The molecule has 82 valence electrons. The van der Waals surface area contributed by atoms with E-state index in [1.165, 1.54) is 10.9 Å². The Balaban J connectivity index is 2.04. The fourth-order valence-corrected chi connectivity index (χ4v) is 1.53. The van der Waals surface area contributed by atoms with Gasteiger partial charge < -0.3 is 15.8 Å². The van der Waals surface area contributed by atoms with Gasteiger partial charge in [-0.15, -0.1) is 0 Å². The minimum atomic E-state index is -0.184. The van der Waals surface area contributed by atoms with Crippen LogP contribution in [0.4, 0.5) is 5.82 Å². The first-order chi connectivity index (χ1) is 7.18. The number of nitrogen functional groups attached to an aromatic ring is 1. The van der Waals surface area contributed by atoms with E-state index in [0.717, 1.165) is 6.42 Å². The molecule has 0 radical (unpaired) electrons. The van der Waals surface area contributed by atoms with E-state index in [1.807, 2.05) is 0 Å². The molecular weight excluding hydrogens is 196 g/mol. The van der Waals surface area contributed by atoms with Gasteiger partial charge in [-0.1, -0.05) is 0 Å². The molecule has 6 nitrogen and oxygen atoms in total. The average Bonchev–Trinajstić information content (AvgIpc) is 2.79. The third-order valence-corrected chi connectivity index (χ3v) is 2.49. The molecule has 1 atom stereocenters. The summed E-state index contributed by atoms with van der Waals surface area (Å²) in [6.45, 7) is 1.28. The predicted octanol–water partition coefficient (Wildman–Crippen LogP) is -0.479. The second kappa shape index (κ2) is 3.90. The lowest BCUT2D eigenvalue weighted by atomic mass is 10.2. The van der Waals surface area contributed by atoms with E-state index >= 15 is 0 Å². The molecule has 1 aliphatic heterocycles. The maximum absolute atomic E-state index is 11.7. The van der Waals surface area contributed by atoms with Crippen molar-refractivity contribution in [2.75, 3.05) is 18.9 Å². The molecule has 15 heavy (non-hydrogen) atoms. The van der Waals surface area contributed by atoms with Gasteiger partial charge in [-0.25, -0.2) is 0 Å². The van der Waals surface area contributed by atoms with Gasteiger partial charge in [-0.2, -0.15) is 5.10 Å². The Morgan fingerprint density at radius 1 is 1.80 bits per heavy atom. The highest BCUT2D eigenvalue weighted by molar-refractivity contribution is 5.98. The van der Waals surface area contributed by atoms with Crippen LogP contribution in [0.2, 0.25) is 0 Å². The quantitative estimate of drug-likeness (QED) is 0.690. The van der Waals surface area contributed by atoms with Crippen molar-refractivity contribution in [1.29, 1.82) is 0 Å². The number of ether oxygens (including phenoxy) is 1. The number of nitrogens with zero attached hydrogens (tertiary/aromatic N) is 2. The molecule has 2 heterocycles. The third-order valence-electron chi connectivity index (χ3n) is 2.49. The molecule has 0 aliphatic carbocycles. The normalized spacial score (nSPS) is 20.5. The van der Waals surface area contributed by atoms with Crippen molar-refractivity contribution in [2.45, 2.75) is 12.5 Å². The van der Waals surface area contributed by atoms with Crippen molar-refractivity contribution >= 4 is 11.7 Å². The molecule has 3 N–H and O–H groups in total. The van der Waals surface area contributed by atoms with Gasteiger partial charge in [0.2, 0.25) is 0 Å². The summed E-state index contributed by atoms with van der Waals surface area (Å²) in [7, 11) is 1.70. The van der Waals surface area contributed by atoms with Crippen LogP contribution < -0.4 is 11.1 Å². The number of nitrogens with one attached hydrogen (secondary N) is 1. The maximum Gasteiger partial charge on any atom is 0.256 e. The number of hydrogen-bond donors (Lipinski definition) is 2. The largest absolute Gasteiger partial charge is 0.383 e. The standard InChI is InChI=1S/C9H14N4O2/c1-13-8(10)7(4-11-13)9(14)12-6-2-3-15-5-6/h4,6H,2-3,5,10H2,1H3,(H,12,14). The Morgan fingerprint density at radius 2 is 2.60 bits per heavy atom. The summed E-state index contributed by atoms with van der Waals surface area (Å²) in [5, 5.41) is 6.76. The van der Waals surface area contributed by atoms with Crippen molar-refractivity contribution in [3.05, 3.63) is 11.8 Å². The highest BCUT2D eigenvalue weighted by Crippen LogP contribution is 2.10. The summed E-state index contributed by atoms with van der Waals surface area (Å²) >= 11 is 0. The number of aromatic nitrogens is 2. The second-order valence-corrected chi connectivity index (χ2v) is 3.60. The third kappa shape index (κ3) is 1.94. The van der Waals surface area contributed by atoms with Gasteiger partial charge in [-0.3, -0.25) is 9.48 Å². The Morgan fingerprint density at radius 3 is 3.13 bits per heavy atom. The predicted molar refractivity (Wildman–Crippen MR) is 54.3 cm³/mol. The summed E-state index contributed by atoms with van der Waals surface area (Å²) in [5.41, 5.74) is 6.11. The molecule has 1 unspecified atom stereocenters. The number of aryl methyl sites for hydroxylation is 1. The van der Waals surface area contributed by atoms with Gasteiger partial charge in [0, 0.05) is 13.7 Å². The van der Waals surface area contributed by atoms with Gasteiger partial charge >= 0.3 is 0 Å². The lowest BCUT2D eigenvalue weighted by Crippen LogP contribution is -2.35. The molecule has 0 saturated carbocycles. The Kier molecular flexibility index (Phi) is 2.59. The van der Waals surface area contributed by atoms with Crippen LogP contribution >= 0.6 is 0 Å². The number of carbonyl (C=O) groups excluding carboxylic acids is 1. The number of amides is 1. The molecule has 1 aromatic heterocycles. The van der Waals surface area contributed by atoms with Crippen LogP contribution in [0.15, 0.2) is 6.20 Å². The van der Waals surface area contributed by atoms with E-state index in [1.54, 1.807) is 7.05 Å². The Bertz CT molecular complexity index is 368. The fourth-order valence-electron chi connectivity index (χ4n) is 1.53. The molecule has 1 fully saturated rings. The lowest BCUT2D eigenvalue weighted by Gasteiger charge is -2.09. The molecule has 0 aromatic carbocycles. The van der Waals surface area contributed by atoms with Crippen molar-refractivity contribution in [1.82, 2.24) is 15.1 Å². The highest BCUT2D eigenvalue weighted by atomic mass is 16.5. The second-order valence-electron chi connectivity index (χ2n) is 3.60. The van der Waals surface area contributed by atoms with E-state index in [2.05, 4.69) is 10.4 Å². The van der Waals surface area contributed by atoms with Crippen molar-refractivity contribution in [3.63, 3.8) is 0 Å². The zero-order valence-electron chi connectivity index (χ0n) is 8.56. The zero-order valence-corrected chi connectivity index (χ0v) is 8.56. The molecule has 0 spiro atoms.